The molecule has 10 nitrogen and oxygen atoms in total. The molecule has 0 bridgehead atoms. The third-order valence-corrected chi connectivity index (χ3v) is 7.31. The number of nitrogens with zero attached hydrogens (tertiary/aromatic N) is 1. The van der Waals surface area contributed by atoms with Crippen molar-refractivity contribution in [2.75, 3.05) is 5.75 Å². The van der Waals surface area contributed by atoms with E-state index in [1.54, 1.807) is 18.2 Å². The second kappa shape index (κ2) is 13.6. The van der Waals surface area contributed by atoms with Gasteiger partial charge >= 0.3 is 23.9 Å². The quantitative estimate of drug-likeness (QED) is 0.172. The minimum Gasteiger partial charge on any atom is -0.481 e. The monoisotopic (exact) mass is 551 g/mol. The predicted octanol–water partition coefficient (Wildman–Crippen LogP) is 3.96. The second-order valence-electron chi connectivity index (χ2n) is 7.25. The summed E-state index contributed by atoms with van der Waals surface area (Å²) >= 11 is 6.09. The van der Waals surface area contributed by atoms with E-state index in [0.717, 1.165) is 22.0 Å². The molecule has 0 fully saturated rings. The van der Waals surface area contributed by atoms with E-state index in [1.807, 2.05) is 24.3 Å². The van der Waals surface area contributed by atoms with Crippen LogP contribution < -0.4 is 0 Å². The summed E-state index contributed by atoms with van der Waals surface area (Å²) < 4.78 is 0.937. The number of hydrogen-bond donors (Lipinski definition) is 5. The Labute approximate surface area is 218 Å². The van der Waals surface area contributed by atoms with Crippen molar-refractivity contribution >= 4 is 74.9 Å². The number of fused-ring (bicyclic) bond motifs is 1. The zero-order valence-corrected chi connectivity index (χ0v) is 21.0. The lowest BCUT2D eigenvalue weighted by Gasteiger charge is -2.10. The summed E-state index contributed by atoms with van der Waals surface area (Å²) in [4.78, 5) is 59.1. The van der Waals surface area contributed by atoms with Crippen molar-refractivity contribution in [2.45, 2.75) is 23.7 Å². The lowest BCUT2D eigenvalue weighted by molar-refractivity contribution is -0.147. The van der Waals surface area contributed by atoms with E-state index in [0.29, 0.717) is 9.90 Å². The summed E-state index contributed by atoms with van der Waals surface area (Å²) in [6.07, 6.45) is -0.764. The topological polar surface area (TPSA) is 179 Å². The molecule has 4 N–H and O–H groups in total. The van der Waals surface area contributed by atoms with E-state index < -0.39 is 47.2 Å². The van der Waals surface area contributed by atoms with Crippen LogP contribution in [0, 0.1) is 5.92 Å². The van der Waals surface area contributed by atoms with Gasteiger partial charge < -0.3 is 20.4 Å². The van der Waals surface area contributed by atoms with E-state index in [-0.39, 0.29) is 17.7 Å². The van der Waals surface area contributed by atoms with Crippen LogP contribution in [0.3, 0.4) is 0 Å². The Kier molecular flexibility index (Phi) is 10.9. The maximum atomic E-state index is 11.3. The lowest BCUT2D eigenvalue weighted by atomic mass is 10.1. The highest BCUT2D eigenvalue weighted by Gasteiger charge is 2.25. The summed E-state index contributed by atoms with van der Waals surface area (Å²) in [5.41, 5.74) is 0.851. The van der Waals surface area contributed by atoms with Gasteiger partial charge in [-0.1, -0.05) is 24.3 Å². The van der Waals surface area contributed by atoms with Crippen molar-refractivity contribution < 1.29 is 44.4 Å². The zero-order valence-electron chi connectivity index (χ0n) is 18.4. The second-order valence-corrected chi connectivity index (χ2v) is 9.82. The molecule has 0 spiro atoms. The first-order valence-corrected chi connectivity index (χ1v) is 12.4. The highest BCUT2D eigenvalue weighted by atomic mass is 32.2. The van der Waals surface area contributed by atoms with Crippen LogP contribution in [0.15, 0.2) is 53.4 Å². The minimum atomic E-state index is -1.21. The number of hydrogen-bond acceptors (Lipinski definition) is 8. The number of carboxylic acids is 4. The maximum Gasteiger partial charge on any atom is 0.336 e. The molecular weight excluding hydrogens is 530 g/mol. The van der Waals surface area contributed by atoms with Gasteiger partial charge in [0.1, 0.15) is 5.01 Å². The number of aromatic nitrogens is 1. The van der Waals surface area contributed by atoms with Gasteiger partial charge in [-0.25, -0.2) is 9.78 Å². The van der Waals surface area contributed by atoms with Crippen molar-refractivity contribution in [1.29, 1.82) is 0 Å². The fourth-order valence-corrected chi connectivity index (χ4v) is 5.38. The number of thiol groups is 1. The number of thioether (sulfide) groups is 1. The normalized spacial score (nSPS) is 12.1. The van der Waals surface area contributed by atoms with Crippen LogP contribution in [0.25, 0.3) is 10.2 Å². The van der Waals surface area contributed by atoms with Crippen molar-refractivity contribution in [2.24, 2.45) is 5.92 Å². The average Bonchev–Trinajstić information content (AvgIpc) is 3.24. The molecule has 1 heterocycles. The van der Waals surface area contributed by atoms with Crippen molar-refractivity contribution in [3.8, 4) is 0 Å². The van der Waals surface area contributed by atoms with E-state index in [9.17, 15) is 24.0 Å². The molecule has 2 atom stereocenters. The Morgan fingerprint density at radius 3 is 2.06 bits per heavy atom. The van der Waals surface area contributed by atoms with Gasteiger partial charge in [0.15, 0.2) is 5.12 Å². The number of carbonyl (C=O) groups excluding carboxylic acids is 1. The van der Waals surface area contributed by atoms with Crippen LogP contribution in [0.1, 0.15) is 34.1 Å². The molecule has 2 aromatic carbocycles. The first kappa shape index (κ1) is 28.8. The smallest absolute Gasteiger partial charge is 0.336 e. The van der Waals surface area contributed by atoms with Crippen molar-refractivity contribution in [3.63, 3.8) is 0 Å². The average molecular weight is 552 g/mol. The Bertz CT molecular complexity index is 1240. The first-order valence-electron chi connectivity index (χ1n) is 10.2. The molecule has 0 radical (unpaired) electrons. The number of para-hydroxylation sites is 1. The molecule has 0 amide bonds. The van der Waals surface area contributed by atoms with Crippen LogP contribution in [0.4, 0.5) is 0 Å². The molecule has 13 heteroatoms. The maximum absolute atomic E-state index is 11.3. The van der Waals surface area contributed by atoms with E-state index in [2.05, 4.69) is 17.6 Å². The molecule has 3 rings (SSSR count). The number of carboxylic acid groups (broad SMARTS) is 4. The van der Waals surface area contributed by atoms with Crippen LogP contribution in [0.2, 0.25) is 0 Å². The van der Waals surface area contributed by atoms with Gasteiger partial charge in [0, 0.05) is 10.6 Å². The van der Waals surface area contributed by atoms with Crippen molar-refractivity contribution in [1.82, 2.24) is 4.98 Å². The summed E-state index contributed by atoms with van der Waals surface area (Å²) in [6.45, 7) is 0. The highest BCUT2D eigenvalue weighted by molar-refractivity contribution is 7.99. The van der Waals surface area contributed by atoms with Crippen LogP contribution in [-0.2, 0) is 19.2 Å². The minimum absolute atomic E-state index is 0.00588. The molecule has 0 aliphatic rings. The summed E-state index contributed by atoms with van der Waals surface area (Å²) in [7, 11) is 0. The Morgan fingerprint density at radius 2 is 1.50 bits per heavy atom. The highest BCUT2D eigenvalue weighted by Crippen LogP contribution is 2.30. The number of rotatable bonds is 11. The Morgan fingerprint density at radius 1 is 0.889 bits per heavy atom. The largest absolute Gasteiger partial charge is 0.481 e. The fourth-order valence-electron chi connectivity index (χ4n) is 2.88. The molecule has 36 heavy (non-hydrogen) atoms. The fraction of sp³-hybridized carbons (Fsp3) is 0.217. The van der Waals surface area contributed by atoms with Gasteiger partial charge in [-0.3, -0.25) is 19.2 Å². The van der Waals surface area contributed by atoms with Gasteiger partial charge in [0.2, 0.25) is 0 Å². The third-order valence-electron chi connectivity index (χ3n) is 4.61. The van der Waals surface area contributed by atoms with E-state index in [4.69, 9.17) is 20.4 Å². The molecule has 3 aromatic rings. The summed E-state index contributed by atoms with van der Waals surface area (Å²) in [5.74, 6) is -6.35. The van der Waals surface area contributed by atoms with Gasteiger partial charge in [0.25, 0.3) is 0 Å². The number of aliphatic carboxylic acids is 3. The summed E-state index contributed by atoms with van der Waals surface area (Å²) in [5, 5.41) is 35.3. The Hall–Kier alpha value is -3.42. The molecule has 0 aliphatic carbocycles. The van der Waals surface area contributed by atoms with Crippen LogP contribution >= 0.6 is 35.7 Å². The number of carbonyl (C=O) groups is 5. The van der Waals surface area contributed by atoms with Gasteiger partial charge in [-0.15, -0.1) is 35.7 Å². The van der Waals surface area contributed by atoms with E-state index in [1.165, 1.54) is 17.4 Å². The molecule has 0 saturated carbocycles. The standard InChI is InChI=1S/C12H12O6S.C11H9NO3S2/c13-10(14)5-7(11(15)16)6-19-9-4-2-1-3-8(9)12(17)18;13-9(14)5-6(11(15)16)10-12-7-3-1-2-4-8(7)17-10/h1-4,7H,5-6H2,(H,13,14)(H,15,16)(H,17,18);1-4,6H,5H2,(H,13,14)(H,15,16). The molecule has 2 unspecified atom stereocenters. The van der Waals surface area contributed by atoms with Gasteiger partial charge in [-0.2, -0.15) is 0 Å². The molecule has 0 saturated heterocycles. The first-order chi connectivity index (χ1) is 17.0. The van der Waals surface area contributed by atoms with Gasteiger partial charge in [0.05, 0.1) is 40.5 Å². The number of thiazole rings is 1. The van der Waals surface area contributed by atoms with Crippen LogP contribution in [0.5, 0.6) is 0 Å². The SMILES string of the molecule is O=C(O)CC(C(=O)S)c1nc2ccccc2s1.O=C(O)CC(CSc1ccccc1C(=O)O)C(=O)O. The molecular formula is C23H21NO9S3. The number of benzene rings is 2. The van der Waals surface area contributed by atoms with E-state index >= 15 is 0 Å². The third kappa shape index (κ3) is 8.66. The summed E-state index contributed by atoms with van der Waals surface area (Å²) in [6, 6.07) is 13.6. The zero-order chi connectivity index (χ0) is 26.8. The Balaban J connectivity index is 0.000000255. The lowest BCUT2D eigenvalue weighted by Crippen LogP contribution is -2.20. The van der Waals surface area contributed by atoms with Crippen molar-refractivity contribution in [3.05, 3.63) is 59.1 Å². The molecule has 190 valence electrons. The number of aromatic carboxylic acids is 1. The molecule has 0 aliphatic heterocycles. The predicted molar refractivity (Wildman–Crippen MR) is 136 cm³/mol. The van der Waals surface area contributed by atoms with Gasteiger partial charge in [-0.05, 0) is 24.3 Å². The van der Waals surface area contributed by atoms with Crippen LogP contribution in [-0.4, -0.2) is 60.2 Å². The molecule has 1 aromatic heterocycles.